The Morgan fingerprint density at radius 2 is 2.21 bits per heavy atom. The van der Waals surface area contributed by atoms with Crippen molar-refractivity contribution in [3.05, 3.63) is 42.1 Å². The summed E-state index contributed by atoms with van der Waals surface area (Å²) >= 11 is 0. The zero-order chi connectivity index (χ0) is 19.7. The maximum atomic E-state index is 12.9. The van der Waals surface area contributed by atoms with E-state index < -0.39 is 0 Å². The van der Waals surface area contributed by atoms with Crippen LogP contribution in [0.2, 0.25) is 0 Å². The van der Waals surface area contributed by atoms with Crippen LogP contribution in [0.3, 0.4) is 0 Å². The lowest BCUT2D eigenvalue weighted by Gasteiger charge is -2.26. The third-order valence-electron chi connectivity index (χ3n) is 5.09. The van der Waals surface area contributed by atoms with E-state index in [1.807, 2.05) is 37.5 Å². The van der Waals surface area contributed by atoms with Gasteiger partial charge in [0.25, 0.3) is 0 Å². The molecule has 9 nitrogen and oxygen atoms in total. The lowest BCUT2D eigenvalue weighted by atomic mass is 9.96. The van der Waals surface area contributed by atoms with E-state index in [0.29, 0.717) is 18.3 Å². The van der Waals surface area contributed by atoms with E-state index in [0.717, 1.165) is 30.1 Å². The number of nitrogens with zero attached hydrogens (tertiary/aromatic N) is 6. The summed E-state index contributed by atoms with van der Waals surface area (Å²) in [5, 5.41) is 15.4. The zero-order valence-electron chi connectivity index (χ0n) is 16.2. The molecule has 0 saturated heterocycles. The first-order valence-corrected chi connectivity index (χ1v) is 9.46. The van der Waals surface area contributed by atoms with Crippen LogP contribution in [0.15, 0.2) is 29.0 Å². The standard InChI is InChI=1S/C19H23N7O2/c1-11(2)16(19-22-17(25-28-19)13-5-4-8-20-9-13)21-18(27)14-6-7-15-24-23-12(3)26(15)10-14/h4-5,8-9,11,14,16H,6-7,10H2,1-3H3,(H,21,27). The number of rotatable bonds is 5. The van der Waals surface area contributed by atoms with Crippen LogP contribution in [0, 0.1) is 18.8 Å². The molecule has 9 heteroatoms. The third-order valence-corrected chi connectivity index (χ3v) is 5.09. The van der Waals surface area contributed by atoms with Gasteiger partial charge in [0.2, 0.25) is 17.6 Å². The monoisotopic (exact) mass is 381 g/mol. The van der Waals surface area contributed by atoms with Crippen LogP contribution in [0.4, 0.5) is 0 Å². The van der Waals surface area contributed by atoms with Crippen molar-refractivity contribution in [1.82, 2.24) is 35.2 Å². The fraction of sp³-hybridized carbons (Fsp3) is 0.474. The molecule has 1 aliphatic heterocycles. The van der Waals surface area contributed by atoms with Crippen LogP contribution in [0.1, 0.15) is 43.8 Å². The third kappa shape index (κ3) is 3.51. The summed E-state index contributed by atoms with van der Waals surface area (Å²) in [6.45, 7) is 6.53. The van der Waals surface area contributed by atoms with E-state index in [2.05, 4.69) is 30.6 Å². The van der Waals surface area contributed by atoms with Crippen molar-refractivity contribution in [2.75, 3.05) is 0 Å². The summed E-state index contributed by atoms with van der Waals surface area (Å²) in [7, 11) is 0. The smallest absolute Gasteiger partial charge is 0.249 e. The minimum atomic E-state index is -0.353. The van der Waals surface area contributed by atoms with Gasteiger partial charge in [0.15, 0.2) is 0 Å². The average molecular weight is 381 g/mol. The first-order chi connectivity index (χ1) is 13.5. The predicted octanol–water partition coefficient (Wildman–Crippen LogP) is 2.11. The molecule has 4 rings (SSSR count). The molecule has 4 heterocycles. The summed E-state index contributed by atoms with van der Waals surface area (Å²) in [4.78, 5) is 21.5. The largest absolute Gasteiger partial charge is 0.344 e. The molecule has 0 saturated carbocycles. The predicted molar refractivity (Wildman–Crippen MR) is 99.8 cm³/mol. The zero-order valence-corrected chi connectivity index (χ0v) is 16.2. The number of hydrogen-bond acceptors (Lipinski definition) is 7. The number of nitrogens with one attached hydrogen (secondary N) is 1. The lowest BCUT2D eigenvalue weighted by Crippen LogP contribution is -2.40. The number of pyridine rings is 1. The highest BCUT2D eigenvalue weighted by Crippen LogP contribution is 2.26. The summed E-state index contributed by atoms with van der Waals surface area (Å²) in [6, 6.07) is 3.33. The summed E-state index contributed by atoms with van der Waals surface area (Å²) in [5.41, 5.74) is 0.772. The van der Waals surface area contributed by atoms with Gasteiger partial charge in [-0.1, -0.05) is 19.0 Å². The Hall–Kier alpha value is -3.10. The Morgan fingerprint density at radius 3 is 2.96 bits per heavy atom. The molecule has 3 aromatic heterocycles. The molecule has 1 aliphatic rings. The number of carbonyl (C=O) groups excluding carboxylic acids is 1. The first-order valence-electron chi connectivity index (χ1n) is 9.46. The van der Waals surface area contributed by atoms with E-state index in [4.69, 9.17) is 4.52 Å². The molecular formula is C19H23N7O2. The molecule has 1 N–H and O–H groups in total. The minimum Gasteiger partial charge on any atom is -0.344 e. The van der Waals surface area contributed by atoms with Gasteiger partial charge in [0.1, 0.15) is 17.7 Å². The highest BCUT2D eigenvalue weighted by Gasteiger charge is 2.31. The maximum absolute atomic E-state index is 12.9. The van der Waals surface area contributed by atoms with Gasteiger partial charge in [-0.15, -0.1) is 10.2 Å². The van der Waals surface area contributed by atoms with Crippen LogP contribution < -0.4 is 5.32 Å². The van der Waals surface area contributed by atoms with E-state index in [1.54, 1.807) is 12.4 Å². The van der Waals surface area contributed by atoms with Gasteiger partial charge in [0, 0.05) is 30.9 Å². The summed E-state index contributed by atoms with van der Waals surface area (Å²) in [6.07, 6.45) is 4.87. The maximum Gasteiger partial charge on any atom is 0.249 e. The molecule has 2 atom stereocenters. The van der Waals surface area contributed by atoms with Gasteiger partial charge in [-0.25, -0.2) is 0 Å². The molecule has 0 aromatic carbocycles. The molecule has 3 aromatic rings. The molecule has 0 aliphatic carbocycles. The van der Waals surface area contributed by atoms with Crippen molar-refractivity contribution in [2.24, 2.45) is 11.8 Å². The number of carbonyl (C=O) groups is 1. The van der Waals surface area contributed by atoms with Crippen LogP contribution >= 0.6 is 0 Å². The van der Waals surface area contributed by atoms with Gasteiger partial charge in [-0.3, -0.25) is 9.78 Å². The van der Waals surface area contributed by atoms with Crippen LogP contribution in [0.5, 0.6) is 0 Å². The van der Waals surface area contributed by atoms with Crippen molar-refractivity contribution in [1.29, 1.82) is 0 Å². The number of aromatic nitrogens is 6. The van der Waals surface area contributed by atoms with Gasteiger partial charge >= 0.3 is 0 Å². The van der Waals surface area contributed by atoms with Crippen molar-refractivity contribution in [2.45, 2.75) is 46.2 Å². The molecule has 0 spiro atoms. The Morgan fingerprint density at radius 1 is 1.36 bits per heavy atom. The van der Waals surface area contributed by atoms with Crippen LogP contribution in [-0.4, -0.2) is 35.8 Å². The summed E-state index contributed by atoms with van der Waals surface area (Å²) in [5.74, 6) is 2.60. The van der Waals surface area contributed by atoms with Crippen LogP contribution in [-0.2, 0) is 17.8 Å². The van der Waals surface area contributed by atoms with Gasteiger partial charge in [-0.2, -0.15) is 4.98 Å². The topological polar surface area (TPSA) is 112 Å². The SMILES string of the molecule is Cc1nnc2n1CC(C(=O)NC(c1nc(-c3cccnc3)no1)C(C)C)CC2. The number of amides is 1. The Labute approximate surface area is 162 Å². The van der Waals surface area contributed by atoms with E-state index in [-0.39, 0.29) is 23.8 Å². The Bertz CT molecular complexity index is 964. The quantitative estimate of drug-likeness (QED) is 0.720. The van der Waals surface area contributed by atoms with Crippen LogP contribution in [0.25, 0.3) is 11.4 Å². The second kappa shape index (κ2) is 7.49. The fourth-order valence-electron chi connectivity index (χ4n) is 3.43. The van der Waals surface area contributed by atoms with Crippen molar-refractivity contribution >= 4 is 5.91 Å². The molecule has 0 fully saturated rings. The molecule has 28 heavy (non-hydrogen) atoms. The van der Waals surface area contributed by atoms with Gasteiger partial charge in [-0.05, 0) is 31.4 Å². The normalized spacial score (nSPS) is 17.4. The van der Waals surface area contributed by atoms with Gasteiger partial charge < -0.3 is 14.4 Å². The Kier molecular flexibility index (Phi) is 4.89. The number of fused-ring (bicyclic) bond motifs is 1. The highest BCUT2D eigenvalue weighted by atomic mass is 16.5. The number of aryl methyl sites for hydroxylation is 2. The highest BCUT2D eigenvalue weighted by molar-refractivity contribution is 5.79. The summed E-state index contributed by atoms with van der Waals surface area (Å²) < 4.78 is 7.48. The molecular weight excluding hydrogens is 358 g/mol. The fourth-order valence-corrected chi connectivity index (χ4v) is 3.43. The second-order valence-corrected chi connectivity index (χ2v) is 7.44. The molecule has 2 unspecified atom stereocenters. The van der Waals surface area contributed by atoms with E-state index in [1.165, 1.54) is 0 Å². The van der Waals surface area contributed by atoms with E-state index >= 15 is 0 Å². The van der Waals surface area contributed by atoms with Crippen molar-refractivity contribution in [3.8, 4) is 11.4 Å². The lowest BCUT2D eigenvalue weighted by molar-refractivity contribution is -0.127. The van der Waals surface area contributed by atoms with E-state index in [9.17, 15) is 4.79 Å². The number of hydrogen-bond donors (Lipinski definition) is 1. The second-order valence-electron chi connectivity index (χ2n) is 7.44. The minimum absolute atomic E-state index is 0.0152. The average Bonchev–Trinajstić information content (AvgIpc) is 3.33. The van der Waals surface area contributed by atoms with Gasteiger partial charge in [0.05, 0.1) is 5.92 Å². The first kappa shape index (κ1) is 18.3. The molecule has 0 radical (unpaired) electrons. The van der Waals surface area contributed by atoms with Crippen molar-refractivity contribution < 1.29 is 9.32 Å². The van der Waals surface area contributed by atoms with Crippen molar-refractivity contribution in [3.63, 3.8) is 0 Å². The molecule has 1 amide bonds. The molecule has 0 bridgehead atoms. The molecule has 146 valence electrons. The Balaban J connectivity index is 1.49.